The summed E-state index contributed by atoms with van der Waals surface area (Å²) in [6, 6.07) is 4.41. The molecule has 0 radical (unpaired) electrons. The van der Waals surface area contributed by atoms with Crippen LogP contribution in [-0.2, 0) is 11.3 Å². The Labute approximate surface area is 117 Å². The molecule has 4 nitrogen and oxygen atoms in total. The molecule has 19 heavy (non-hydrogen) atoms. The number of H-pyrrole nitrogens is 1. The molecule has 0 unspecified atom stereocenters. The highest BCUT2D eigenvalue weighted by molar-refractivity contribution is 7.11. The van der Waals surface area contributed by atoms with Gasteiger partial charge in [-0.25, -0.2) is 4.98 Å². The van der Waals surface area contributed by atoms with Crippen LogP contribution in [0.25, 0.3) is 0 Å². The summed E-state index contributed by atoms with van der Waals surface area (Å²) in [5, 5.41) is 0. The van der Waals surface area contributed by atoms with Crippen molar-refractivity contribution < 1.29 is 4.74 Å². The standard InChI is InChI=1S/C14H19N3OS/c1-10-7-15-14(16-10)13-9-17(5-6-18-13)8-12-4-3-11(2)19-12/h3-4,7,13H,5-6,8-9H2,1-2H3,(H,15,16)/t13-/m1/s1. The maximum absolute atomic E-state index is 5.82. The molecule has 0 bridgehead atoms. The van der Waals surface area contributed by atoms with Crippen LogP contribution in [-0.4, -0.2) is 34.6 Å². The van der Waals surface area contributed by atoms with E-state index in [2.05, 4.69) is 33.9 Å². The lowest BCUT2D eigenvalue weighted by Crippen LogP contribution is -2.38. The summed E-state index contributed by atoms with van der Waals surface area (Å²) in [5.41, 5.74) is 1.09. The Morgan fingerprint density at radius 2 is 2.37 bits per heavy atom. The number of hydrogen-bond acceptors (Lipinski definition) is 4. The molecule has 1 N–H and O–H groups in total. The average molecular weight is 277 g/mol. The molecule has 2 aromatic heterocycles. The van der Waals surface area contributed by atoms with Crippen LogP contribution in [0.5, 0.6) is 0 Å². The molecule has 3 heterocycles. The second-order valence-corrected chi connectivity index (χ2v) is 6.43. The third-order valence-electron chi connectivity index (χ3n) is 3.35. The quantitative estimate of drug-likeness (QED) is 0.937. The van der Waals surface area contributed by atoms with E-state index in [1.54, 1.807) is 0 Å². The van der Waals surface area contributed by atoms with Crippen LogP contribution in [0, 0.1) is 13.8 Å². The van der Waals surface area contributed by atoms with Crippen molar-refractivity contribution in [3.63, 3.8) is 0 Å². The van der Waals surface area contributed by atoms with Crippen molar-refractivity contribution in [2.24, 2.45) is 0 Å². The van der Waals surface area contributed by atoms with Crippen LogP contribution < -0.4 is 0 Å². The lowest BCUT2D eigenvalue weighted by atomic mass is 10.2. The number of ether oxygens (including phenoxy) is 1. The van der Waals surface area contributed by atoms with Crippen molar-refractivity contribution >= 4 is 11.3 Å². The Bertz CT molecular complexity index is 548. The minimum Gasteiger partial charge on any atom is -0.368 e. The summed E-state index contributed by atoms with van der Waals surface area (Å²) in [4.78, 5) is 12.9. The van der Waals surface area contributed by atoms with Gasteiger partial charge in [0.1, 0.15) is 11.9 Å². The van der Waals surface area contributed by atoms with Crippen LogP contribution in [0.1, 0.15) is 27.4 Å². The highest BCUT2D eigenvalue weighted by atomic mass is 32.1. The molecular weight excluding hydrogens is 258 g/mol. The lowest BCUT2D eigenvalue weighted by molar-refractivity contribution is -0.0365. The predicted octanol–water partition coefficient (Wildman–Crippen LogP) is 2.66. The summed E-state index contributed by atoms with van der Waals surface area (Å²) >= 11 is 1.88. The first-order chi connectivity index (χ1) is 9.20. The predicted molar refractivity (Wildman–Crippen MR) is 76.4 cm³/mol. The van der Waals surface area contributed by atoms with Crippen molar-refractivity contribution in [1.29, 1.82) is 0 Å². The average Bonchev–Trinajstić information content (AvgIpc) is 2.99. The number of nitrogens with zero attached hydrogens (tertiary/aromatic N) is 2. The number of morpholine rings is 1. The fourth-order valence-corrected chi connectivity index (χ4v) is 3.33. The minimum atomic E-state index is 0.0727. The number of imidazole rings is 1. The van der Waals surface area contributed by atoms with Gasteiger partial charge in [0.05, 0.1) is 6.61 Å². The van der Waals surface area contributed by atoms with Gasteiger partial charge in [-0.1, -0.05) is 0 Å². The van der Waals surface area contributed by atoms with Gasteiger partial charge in [-0.3, -0.25) is 4.90 Å². The molecule has 2 aromatic rings. The van der Waals surface area contributed by atoms with E-state index in [0.717, 1.165) is 37.8 Å². The number of rotatable bonds is 3. The normalized spacial score (nSPS) is 20.8. The van der Waals surface area contributed by atoms with Crippen LogP contribution in [0.2, 0.25) is 0 Å². The molecule has 102 valence electrons. The SMILES string of the molecule is Cc1cnc([C@H]2CN(Cc3ccc(C)s3)CCO2)[nH]1. The molecule has 0 spiro atoms. The third-order valence-corrected chi connectivity index (χ3v) is 4.34. The van der Waals surface area contributed by atoms with E-state index in [0.29, 0.717) is 0 Å². The van der Waals surface area contributed by atoms with E-state index < -0.39 is 0 Å². The Morgan fingerprint density at radius 3 is 3.05 bits per heavy atom. The summed E-state index contributed by atoms with van der Waals surface area (Å²) in [6.07, 6.45) is 1.93. The smallest absolute Gasteiger partial charge is 0.136 e. The molecule has 1 aliphatic heterocycles. The highest BCUT2D eigenvalue weighted by Crippen LogP contribution is 2.23. The molecule has 1 atom stereocenters. The molecule has 1 fully saturated rings. The summed E-state index contributed by atoms with van der Waals surface area (Å²) < 4.78 is 5.82. The van der Waals surface area contributed by atoms with E-state index >= 15 is 0 Å². The fourth-order valence-electron chi connectivity index (χ4n) is 2.40. The van der Waals surface area contributed by atoms with Crippen molar-refractivity contribution in [3.8, 4) is 0 Å². The zero-order valence-electron chi connectivity index (χ0n) is 11.3. The molecule has 1 saturated heterocycles. The maximum Gasteiger partial charge on any atom is 0.136 e. The van der Waals surface area contributed by atoms with Crippen molar-refractivity contribution in [3.05, 3.63) is 39.6 Å². The third kappa shape index (κ3) is 3.05. The Hall–Kier alpha value is -1.17. The Morgan fingerprint density at radius 1 is 1.47 bits per heavy atom. The fraction of sp³-hybridized carbons (Fsp3) is 0.500. The number of aryl methyl sites for hydroxylation is 2. The number of nitrogens with one attached hydrogen (secondary N) is 1. The first kappa shape index (κ1) is 12.8. The van der Waals surface area contributed by atoms with E-state index in [-0.39, 0.29) is 6.10 Å². The molecule has 5 heteroatoms. The number of aromatic amines is 1. The first-order valence-electron chi connectivity index (χ1n) is 6.61. The summed E-state index contributed by atoms with van der Waals surface area (Å²) in [7, 11) is 0. The van der Waals surface area contributed by atoms with Crippen LogP contribution in [0.4, 0.5) is 0 Å². The van der Waals surface area contributed by atoms with E-state index in [1.807, 2.05) is 24.5 Å². The molecular formula is C14H19N3OS. The van der Waals surface area contributed by atoms with Crippen molar-refractivity contribution in [2.75, 3.05) is 19.7 Å². The Kier molecular flexibility index (Phi) is 3.68. The molecule has 1 aliphatic rings. The molecule has 0 amide bonds. The Balaban J connectivity index is 1.64. The van der Waals surface area contributed by atoms with Gasteiger partial charge in [0.15, 0.2) is 0 Å². The number of hydrogen-bond donors (Lipinski definition) is 1. The van der Waals surface area contributed by atoms with Gasteiger partial charge < -0.3 is 9.72 Å². The van der Waals surface area contributed by atoms with Crippen LogP contribution in [0.15, 0.2) is 18.3 Å². The molecule has 0 aromatic carbocycles. The van der Waals surface area contributed by atoms with E-state index in [1.165, 1.54) is 9.75 Å². The van der Waals surface area contributed by atoms with Gasteiger partial charge >= 0.3 is 0 Å². The first-order valence-corrected chi connectivity index (χ1v) is 7.43. The largest absolute Gasteiger partial charge is 0.368 e. The van der Waals surface area contributed by atoms with Crippen molar-refractivity contribution in [2.45, 2.75) is 26.5 Å². The van der Waals surface area contributed by atoms with Gasteiger partial charge in [-0.05, 0) is 26.0 Å². The number of thiophene rings is 1. The monoisotopic (exact) mass is 277 g/mol. The highest BCUT2D eigenvalue weighted by Gasteiger charge is 2.24. The molecule has 0 aliphatic carbocycles. The zero-order valence-corrected chi connectivity index (χ0v) is 12.2. The van der Waals surface area contributed by atoms with Crippen molar-refractivity contribution in [1.82, 2.24) is 14.9 Å². The second-order valence-electron chi connectivity index (χ2n) is 5.06. The maximum atomic E-state index is 5.82. The zero-order chi connectivity index (χ0) is 13.2. The molecule has 0 saturated carbocycles. The van der Waals surface area contributed by atoms with E-state index in [4.69, 9.17) is 4.74 Å². The van der Waals surface area contributed by atoms with Crippen LogP contribution in [0.3, 0.4) is 0 Å². The summed E-state index contributed by atoms with van der Waals surface area (Å²) in [6.45, 7) is 7.86. The van der Waals surface area contributed by atoms with Gasteiger partial charge in [0.25, 0.3) is 0 Å². The minimum absolute atomic E-state index is 0.0727. The topological polar surface area (TPSA) is 41.2 Å². The van der Waals surface area contributed by atoms with Gasteiger partial charge in [0, 0.05) is 41.3 Å². The molecule has 3 rings (SSSR count). The number of aromatic nitrogens is 2. The van der Waals surface area contributed by atoms with Gasteiger partial charge in [-0.2, -0.15) is 0 Å². The van der Waals surface area contributed by atoms with E-state index in [9.17, 15) is 0 Å². The lowest BCUT2D eigenvalue weighted by Gasteiger charge is -2.31. The second kappa shape index (κ2) is 5.45. The van der Waals surface area contributed by atoms with Crippen LogP contribution >= 0.6 is 11.3 Å². The van der Waals surface area contributed by atoms with Gasteiger partial charge in [0.2, 0.25) is 0 Å². The summed E-state index contributed by atoms with van der Waals surface area (Å²) in [5.74, 6) is 0.949. The van der Waals surface area contributed by atoms with Gasteiger partial charge in [-0.15, -0.1) is 11.3 Å².